The predicted molar refractivity (Wildman–Crippen MR) is 66.8 cm³/mol. The van der Waals surface area contributed by atoms with E-state index >= 15 is 0 Å². The number of hydrogen-bond donors (Lipinski definition) is 0. The Labute approximate surface area is 101 Å². The molecule has 0 aliphatic heterocycles. The molecule has 0 N–H and O–H groups in total. The molecule has 2 aromatic rings. The Morgan fingerprint density at radius 2 is 1.88 bits per heavy atom. The van der Waals surface area contributed by atoms with Gasteiger partial charge in [0.1, 0.15) is 12.7 Å². The summed E-state index contributed by atoms with van der Waals surface area (Å²) in [5.74, 6) is 1.30. The molecular formula is C13H17N2O2+. The summed E-state index contributed by atoms with van der Waals surface area (Å²) in [6, 6.07) is 11.8. The minimum Gasteiger partial charge on any atom is -0.470 e. The van der Waals surface area contributed by atoms with E-state index in [9.17, 15) is 0 Å². The van der Waals surface area contributed by atoms with E-state index in [1.54, 1.807) is 0 Å². The Kier molecular flexibility index (Phi) is 3.15. The van der Waals surface area contributed by atoms with Gasteiger partial charge in [-0.25, -0.2) is 0 Å². The first-order valence-corrected chi connectivity index (χ1v) is 5.51. The number of benzene rings is 1. The van der Waals surface area contributed by atoms with Gasteiger partial charge in [0, 0.05) is 0 Å². The minimum atomic E-state index is 0.504. The van der Waals surface area contributed by atoms with Crippen molar-refractivity contribution in [1.82, 2.24) is 9.64 Å². The number of nitrogens with zero attached hydrogens (tertiary/aromatic N) is 2. The van der Waals surface area contributed by atoms with E-state index in [-0.39, 0.29) is 0 Å². The van der Waals surface area contributed by atoms with Crippen molar-refractivity contribution in [3.63, 3.8) is 0 Å². The Morgan fingerprint density at radius 1 is 1.18 bits per heavy atom. The first-order chi connectivity index (χ1) is 8.05. The Balaban J connectivity index is 1.99. The summed E-state index contributed by atoms with van der Waals surface area (Å²) >= 11 is 0. The smallest absolute Gasteiger partial charge is 0.325 e. The highest BCUT2D eigenvalue weighted by atomic mass is 16.5. The largest absolute Gasteiger partial charge is 0.470 e. The van der Waals surface area contributed by atoms with Gasteiger partial charge in [-0.05, 0) is 10.7 Å². The van der Waals surface area contributed by atoms with E-state index in [2.05, 4.69) is 5.16 Å². The standard InChI is InChI=1S/C13H17N2O2/c1-15(2,3)13-9-12(14-17-13)16-10-11-7-5-4-6-8-11/h4-9H,10H2,1-3H3/q+1. The predicted octanol–water partition coefficient (Wildman–Crippen LogP) is 2.45. The second kappa shape index (κ2) is 4.59. The highest BCUT2D eigenvalue weighted by Gasteiger charge is 2.19. The van der Waals surface area contributed by atoms with Crippen LogP contribution < -0.4 is 9.22 Å². The van der Waals surface area contributed by atoms with Gasteiger partial charge >= 0.3 is 5.88 Å². The third kappa shape index (κ3) is 3.07. The lowest BCUT2D eigenvalue weighted by Gasteiger charge is -2.17. The van der Waals surface area contributed by atoms with E-state index in [1.807, 2.05) is 57.5 Å². The zero-order valence-corrected chi connectivity index (χ0v) is 10.4. The fourth-order valence-corrected chi connectivity index (χ4v) is 1.37. The molecule has 0 unspecified atom stereocenters. The SMILES string of the molecule is C[N+](C)(C)c1cc(OCc2ccccc2)no1. The molecule has 0 amide bonds. The molecule has 90 valence electrons. The third-order valence-electron chi connectivity index (χ3n) is 2.37. The van der Waals surface area contributed by atoms with Gasteiger partial charge in [-0.15, -0.1) is 0 Å². The van der Waals surface area contributed by atoms with Crippen LogP contribution in [0, 0.1) is 0 Å². The molecule has 0 radical (unpaired) electrons. The third-order valence-corrected chi connectivity index (χ3v) is 2.37. The Hall–Kier alpha value is -1.81. The lowest BCUT2D eigenvalue weighted by atomic mass is 10.2. The van der Waals surface area contributed by atoms with Crippen LogP contribution in [0.25, 0.3) is 0 Å². The highest BCUT2D eigenvalue weighted by molar-refractivity contribution is 5.32. The maximum atomic E-state index is 5.55. The van der Waals surface area contributed by atoms with E-state index in [1.165, 1.54) is 0 Å². The summed E-state index contributed by atoms with van der Waals surface area (Å²) in [7, 11) is 6.05. The molecule has 1 heterocycles. The van der Waals surface area contributed by atoms with Crippen LogP contribution in [0.4, 0.5) is 5.88 Å². The zero-order chi connectivity index (χ0) is 12.3. The number of quaternary nitrogens is 1. The maximum absolute atomic E-state index is 5.55. The monoisotopic (exact) mass is 233 g/mol. The summed E-state index contributed by atoms with van der Waals surface area (Å²) in [4.78, 5) is 0. The van der Waals surface area contributed by atoms with Gasteiger partial charge in [0.15, 0.2) is 0 Å². The van der Waals surface area contributed by atoms with E-state index in [4.69, 9.17) is 9.26 Å². The Morgan fingerprint density at radius 3 is 2.47 bits per heavy atom. The van der Waals surface area contributed by atoms with Crippen molar-refractivity contribution in [3.05, 3.63) is 42.0 Å². The van der Waals surface area contributed by atoms with Crippen LogP contribution in [0.5, 0.6) is 5.88 Å². The summed E-state index contributed by atoms with van der Waals surface area (Å²) in [5, 5.41) is 3.88. The first-order valence-electron chi connectivity index (χ1n) is 5.51. The van der Waals surface area contributed by atoms with Crippen LogP contribution in [-0.2, 0) is 6.61 Å². The van der Waals surface area contributed by atoms with Crippen LogP contribution in [0.3, 0.4) is 0 Å². The second-order valence-electron chi connectivity index (χ2n) is 4.79. The second-order valence-corrected chi connectivity index (χ2v) is 4.79. The molecule has 0 atom stereocenters. The van der Waals surface area contributed by atoms with Gasteiger partial charge in [0.05, 0.1) is 21.1 Å². The topological polar surface area (TPSA) is 35.3 Å². The van der Waals surface area contributed by atoms with Crippen molar-refractivity contribution in [2.45, 2.75) is 6.61 Å². The first kappa shape index (κ1) is 11.7. The van der Waals surface area contributed by atoms with Crippen molar-refractivity contribution in [2.24, 2.45) is 0 Å². The molecule has 1 aromatic carbocycles. The molecule has 0 fully saturated rings. The summed E-state index contributed by atoms with van der Waals surface area (Å²) in [6.07, 6.45) is 0. The van der Waals surface area contributed by atoms with E-state index in [0.717, 1.165) is 11.4 Å². The fourth-order valence-electron chi connectivity index (χ4n) is 1.37. The summed E-state index contributed by atoms with van der Waals surface area (Å²) in [5.41, 5.74) is 1.11. The molecule has 0 saturated carbocycles. The van der Waals surface area contributed by atoms with Gasteiger partial charge in [0.25, 0.3) is 5.88 Å². The lowest BCUT2D eigenvalue weighted by Crippen LogP contribution is -2.34. The van der Waals surface area contributed by atoms with Crippen LogP contribution >= 0.6 is 0 Å². The average Bonchev–Trinajstić information content (AvgIpc) is 2.76. The van der Waals surface area contributed by atoms with Crippen LogP contribution in [-0.4, -0.2) is 26.3 Å². The maximum Gasteiger partial charge on any atom is 0.325 e. The van der Waals surface area contributed by atoms with E-state index in [0.29, 0.717) is 17.0 Å². The molecule has 4 heteroatoms. The lowest BCUT2D eigenvalue weighted by molar-refractivity contribution is 0.261. The molecule has 0 spiro atoms. The molecule has 0 bridgehead atoms. The minimum absolute atomic E-state index is 0.504. The summed E-state index contributed by atoms with van der Waals surface area (Å²) < 4.78 is 11.4. The zero-order valence-electron chi connectivity index (χ0n) is 10.4. The molecule has 4 nitrogen and oxygen atoms in total. The molecule has 0 aliphatic carbocycles. The molecule has 0 aliphatic rings. The van der Waals surface area contributed by atoms with Crippen molar-refractivity contribution in [1.29, 1.82) is 0 Å². The van der Waals surface area contributed by atoms with Gasteiger partial charge in [-0.1, -0.05) is 30.3 Å². The average molecular weight is 233 g/mol. The number of aromatic nitrogens is 1. The van der Waals surface area contributed by atoms with Crippen LogP contribution in [0.15, 0.2) is 40.9 Å². The fraction of sp³-hybridized carbons (Fsp3) is 0.308. The van der Waals surface area contributed by atoms with Crippen molar-refractivity contribution >= 4 is 5.88 Å². The number of hydrogen-bond acceptors (Lipinski definition) is 3. The molecule has 0 saturated heterocycles. The number of rotatable bonds is 4. The Bertz CT molecular complexity index is 472. The van der Waals surface area contributed by atoms with Gasteiger partial charge in [-0.3, -0.25) is 9.01 Å². The molecular weight excluding hydrogens is 216 g/mol. The number of ether oxygens (including phenoxy) is 1. The normalized spacial score (nSPS) is 11.5. The molecule has 17 heavy (non-hydrogen) atoms. The molecule has 1 aromatic heterocycles. The van der Waals surface area contributed by atoms with Crippen molar-refractivity contribution in [2.75, 3.05) is 21.1 Å². The quantitative estimate of drug-likeness (QED) is 0.761. The molecule has 2 rings (SSSR count). The summed E-state index contributed by atoms with van der Waals surface area (Å²) in [6.45, 7) is 0.504. The van der Waals surface area contributed by atoms with Crippen LogP contribution in [0.1, 0.15) is 5.56 Å². The van der Waals surface area contributed by atoms with E-state index < -0.39 is 0 Å². The van der Waals surface area contributed by atoms with Crippen molar-refractivity contribution < 1.29 is 9.26 Å². The van der Waals surface area contributed by atoms with Gasteiger partial charge in [-0.2, -0.15) is 0 Å². The van der Waals surface area contributed by atoms with Crippen LogP contribution in [0.2, 0.25) is 0 Å². The van der Waals surface area contributed by atoms with Crippen molar-refractivity contribution in [3.8, 4) is 5.88 Å². The van der Waals surface area contributed by atoms with Gasteiger partial charge in [0.2, 0.25) is 0 Å². The van der Waals surface area contributed by atoms with Gasteiger partial charge < -0.3 is 4.74 Å². The highest BCUT2D eigenvalue weighted by Crippen LogP contribution is 2.22.